The molecule has 2 amide bonds. The first-order chi connectivity index (χ1) is 15.0. The second kappa shape index (κ2) is 9.82. The molecular formula is C25H31ClN2O4. The minimum absolute atomic E-state index is 0.00941. The van der Waals surface area contributed by atoms with Crippen molar-refractivity contribution in [1.82, 2.24) is 4.90 Å². The lowest BCUT2D eigenvalue weighted by atomic mass is 10.0. The molecule has 0 aliphatic carbocycles. The van der Waals surface area contributed by atoms with E-state index in [0.717, 1.165) is 5.56 Å². The minimum atomic E-state index is -0.516. The summed E-state index contributed by atoms with van der Waals surface area (Å²) in [6.07, 6.45) is 1.10. The van der Waals surface area contributed by atoms with Crippen LogP contribution in [0.15, 0.2) is 42.5 Å². The third-order valence-corrected chi connectivity index (χ3v) is 5.53. The Bertz CT molecular complexity index is 986. The SMILES string of the molecule is Cc1ccc(C(=O)Nc2cccc(O[C@@H]3CCN(C(=O)OC(C)(C)C)C(C)C3)c2)c(Cl)c1. The van der Waals surface area contributed by atoms with E-state index in [1.807, 2.05) is 52.8 Å². The standard InChI is InChI=1S/C25H31ClN2O4/c1-16-9-10-21(22(26)13-16)23(29)27-18-7-6-8-19(15-18)31-20-11-12-28(17(2)14-20)24(30)32-25(3,4)5/h6-10,13,15,17,20H,11-12,14H2,1-5H3,(H,27,29)/t17?,20-/m1/s1. The summed E-state index contributed by atoms with van der Waals surface area (Å²) in [5.41, 5.74) is 1.53. The van der Waals surface area contributed by atoms with Crippen LogP contribution in [0.25, 0.3) is 0 Å². The van der Waals surface area contributed by atoms with Gasteiger partial charge in [0.05, 0.1) is 10.6 Å². The molecule has 172 valence electrons. The van der Waals surface area contributed by atoms with Gasteiger partial charge in [-0.15, -0.1) is 0 Å². The molecule has 1 aliphatic heterocycles. The van der Waals surface area contributed by atoms with Gasteiger partial charge in [-0.3, -0.25) is 4.79 Å². The maximum absolute atomic E-state index is 12.6. The fourth-order valence-corrected chi connectivity index (χ4v) is 3.99. The van der Waals surface area contributed by atoms with E-state index in [-0.39, 0.29) is 24.1 Å². The monoisotopic (exact) mass is 458 g/mol. The number of nitrogens with one attached hydrogen (secondary N) is 1. The van der Waals surface area contributed by atoms with Gasteiger partial charge < -0.3 is 19.7 Å². The lowest BCUT2D eigenvalue weighted by Gasteiger charge is -2.38. The van der Waals surface area contributed by atoms with Crippen LogP contribution in [-0.2, 0) is 4.74 Å². The van der Waals surface area contributed by atoms with E-state index in [1.165, 1.54) is 0 Å². The molecule has 1 unspecified atom stereocenters. The Morgan fingerprint density at radius 3 is 2.56 bits per heavy atom. The zero-order chi connectivity index (χ0) is 23.5. The highest BCUT2D eigenvalue weighted by Crippen LogP contribution is 2.27. The molecule has 3 rings (SSSR count). The van der Waals surface area contributed by atoms with Crippen molar-refractivity contribution in [1.29, 1.82) is 0 Å². The van der Waals surface area contributed by atoms with Crippen LogP contribution in [0, 0.1) is 6.92 Å². The normalized spacial score (nSPS) is 18.8. The first-order valence-corrected chi connectivity index (χ1v) is 11.2. The van der Waals surface area contributed by atoms with Crippen molar-refractivity contribution < 1.29 is 19.1 Å². The third-order valence-electron chi connectivity index (χ3n) is 5.22. The Kier molecular flexibility index (Phi) is 7.34. The Morgan fingerprint density at radius 2 is 1.91 bits per heavy atom. The Balaban J connectivity index is 1.59. The van der Waals surface area contributed by atoms with Gasteiger partial charge in [0.1, 0.15) is 17.5 Å². The Morgan fingerprint density at radius 1 is 1.16 bits per heavy atom. The summed E-state index contributed by atoms with van der Waals surface area (Å²) in [6, 6.07) is 12.6. The predicted octanol–water partition coefficient (Wildman–Crippen LogP) is 6.07. The van der Waals surface area contributed by atoms with Crippen LogP contribution in [0.5, 0.6) is 5.75 Å². The van der Waals surface area contributed by atoms with Gasteiger partial charge >= 0.3 is 6.09 Å². The topological polar surface area (TPSA) is 67.9 Å². The number of ether oxygens (including phenoxy) is 2. The van der Waals surface area contributed by atoms with Gasteiger partial charge in [0.2, 0.25) is 0 Å². The van der Waals surface area contributed by atoms with Crippen molar-refractivity contribution in [2.24, 2.45) is 0 Å². The summed E-state index contributed by atoms with van der Waals surface area (Å²) < 4.78 is 11.7. The number of amides is 2. The van der Waals surface area contributed by atoms with Gasteiger partial charge in [-0.25, -0.2) is 4.79 Å². The molecule has 0 radical (unpaired) electrons. The number of piperidine rings is 1. The summed E-state index contributed by atoms with van der Waals surface area (Å²) in [4.78, 5) is 26.8. The summed E-state index contributed by atoms with van der Waals surface area (Å²) in [5, 5.41) is 3.29. The predicted molar refractivity (Wildman–Crippen MR) is 127 cm³/mol. The number of anilines is 1. The summed E-state index contributed by atoms with van der Waals surface area (Å²) in [7, 11) is 0. The molecule has 6 nitrogen and oxygen atoms in total. The van der Waals surface area contributed by atoms with Crippen molar-refractivity contribution in [2.75, 3.05) is 11.9 Å². The number of hydrogen-bond donors (Lipinski definition) is 1. The number of halogens is 1. The van der Waals surface area contributed by atoms with E-state index in [0.29, 0.717) is 41.4 Å². The first kappa shape index (κ1) is 23.9. The molecule has 1 heterocycles. The molecular weight excluding hydrogens is 428 g/mol. The largest absolute Gasteiger partial charge is 0.490 e. The molecule has 32 heavy (non-hydrogen) atoms. The molecule has 2 atom stereocenters. The summed E-state index contributed by atoms with van der Waals surface area (Å²) in [5.74, 6) is 0.396. The number of aryl methyl sites for hydroxylation is 1. The van der Waals surface area contributed by atoms with Crippen LogP contribution in [0.4, 0.5) is 10.5 Å². The van der Waals surface area contributed by atoms with Gasteiger partial charge in [-0.1, -0.05) is 23.7 Å². The van der Waals surface area contributed by atoms with E-state index in [9.17, 15) is 9.59 Å². The van der Waals surface area contributed by atoms with Gasteiger partial charge in [0.15, 0.2) is 0 Å². The number of rotatable bonds is 4. The Hall–Kier alpha value is -2.73. The average Bonchev–Trinajstić information content (AvgIpc) is 2.66. The number of likely N-dealkylation sites (tertiary alicyclic amines) is 1. The molecule has 0 bridgehead atoms. The molecule has 1 aliphatic rings. The second-order valence-electron chi connectivity index (χ2n) is 9.25. The quantitative estimate of drug-likeness (QED) is 0.603. The highest BCUT2D eigenvalue weighted by molar-refractivity contribution is 6.34. The molecule has 7 heteroatoms. The van der Waals surface area contributed by atoms with Crippen LogP contribution in [0.1, 0.15) is 56.5 Å². The first-order valence-electron chi connectivity index (χ1n) is 10.9. The van der Waals surface area contributed by atoms with Crippen LogP contribution in [0.2, 0.25) is 5.02 Å². The lowest BCUT2D eigenvalue weighted by Crippen LogP contribution is -2.49. The van der Waals surface area contributed by atoms with Gasteiger partial charge in [0.25, 0.3) is 5.91 Å². The van der Waals surface area contributed by atoms with Crippen molar-refractivity contribution in [2.45, 2.75) is 65.2 Å². The number of carbonyl (C=O) groups is 2. The van der Waals surface area contributed by atoms with Crippen LogP contribution >= 0.6 is 11.6 Å². The van der Waals surface area contributed by atoms with Crippen molar-refractivity contribution in [3.8, 4) is 5.75 Å². The van der Waals surface area contributed by atoms with Crippen molar-refractivity contribution >= 4 is 29.3 Å². The molecule has 1 N–H and O–H groups in total. The van der Waals surface area contributed by atoms with Gasteiger partial charge in [-0.05, 0) is 64.4 Å². The number of carbonyl (C=O) groups excluding carboxylic acids is 2. The molecule has 0 saturated carbocycles. The maximum Gasteiger partial charge on any atom is 0.410 e. The van der Waals surface area contributed by atoms with Crippen LogP contribution < -0.4 is 10.1 Å². The fourth-order valence-electron chi connectivity index (χ4n) is 3.67. The highest BCUT2D eigenvalue weighted by Gasteiger charge is 2.32. The van der Waals surface area contributed by atoms with E-state index in [2.05, 4.69) is 5.32 Å². The molecule has 2 aromatic rings. The third kappa shape index (κ3) is 6.39. The van der Waals surface area contributed by atoms with E-state index < -0.39 is 5.60 Å². The molecule has 1 fully saturated rings. The summed E-state index contributed by atoms with van der Waals surface area (Å²) >= 11 is 6.21. The fraction of sp³-hybridized carbons (Fsp3) is 0.440. The minimum Gasteiger partial charge on any atom is -0.490 e. The number of benzene rings is 2. The van der Waals surface area contributed by atoms with E-state index >= 15 is 0 Å². The molecule has 1 saturated heterocycles. The van der Waals surface area contributed by atoms with Crippen molar-refractivity contribution in [3.05, 3.63) is 58.6 Å². The maximum atomic E-state index is 12.6. The van der Waals surface area contributed by atoms with E-state index in [4.69, 9.17) is 21.1 Å². The summed E-state index contributed by atoms with van der Waals surface area (Å²) in [6.45, 7) is 10.1. The number of hydrogen-bond acceptors (Lipinski definition) is 4. The molecule has 0 aromatic heterocycles. The smallest absolute Gasteiger partial charge is 0.410 e. The second-order valence-corrected chi connectivity index (χ2v) is 9.66. The zero-order valence-corrected chi connectivity index (χ0v) is 20.0. The highest BCUT2D eigenvalue weighted by atomic mass is 35.5. The average molecular weight is 459 g/mol. The Labute approximate surface area is 194 Å². The zero-order valence-electron chi connectivity index (χ0n) is 19.3. The van der Waals surface area contributed by atoms with Crippen LogP contribution in [0.3, 0.4) is 0 Å². The van der Waals surface area contributed by atoms with Gasteiger partial charge in [-0.2, -0.15) is 0 Å². The van der Waals surface area contributed by atoms with E-state index in [1.54, 1.807) is 29.2 Å². The number of nitrogens with zero attached hydrogens (tertiary/aromatic N) is 1. The van der Waals surface area contributed by atoms with Crippen molar-refractivity contribution in [3.63, 3.8) is 0 Å². The van der Waals surface area contributed by atoms with Gasteiger partial charge in [0, 0.05) is 37.2 Å². The molecule has 2 aromatic carbocycles. The molecule has 0 spiro atoms. The lowest BCUT2D eigenvalue weighted by molar-refractivity contribution is -0.00102. The van der Waals surface area contributed by atoms with Crippen LogP contribution in [-0.4, -0.2) is 41.2 Å².